The Morgan fingerprint density at radius 2 is 1.80 bits per heavy atom. The number of ether oxygens (including phenoxy) is 7. The smallest absolute Gasteiger partial charge is 0.407 e. The Labute approximate surface area is 286 Å². The van der Waals surface area contributed by atoms with Gasteiger partial charge in [-0.25, -0.2) is 18.0 Å². The molecule has 2 aromatic rings. The van der Waals surface area contributed by atoms with Crippen LogP contribution in [0.5, 0.6) is 17.2 Å². The van der Waals surface area contributed by atoms with Gasteiger partial charge in [0.15, 0.2) is 17.8 Å². The summed E-state index contributed by atoms with van der Waals surface area (Å²) >= 11 is 0. The van der Waals surface area contributed by atoms with Crippen LogP contribution in [0.15, 0.2) is 47.4 Å². The van der Waals surface area contributed by atoms with Crippen LogP contribution in [0.25, 0.3) is 0 Å². The van der Waals surface area contributed by atoms with Crippen molar-refractivity contribution in [3.63, 3.8) is 0 Å². The number of carbonyl (C=O) groups is 2. The molecule has 16 heteroatoms. The first kappa shape index (κ1) is 36.5. The van der Waals surface area contributed by atoms with Crippen molar-refractivity contribution in [3.05, 3.63) is 48.0 Å². The highest BCUT2D eigenvalue weighted by Crippen LogP contribution is 2.35. The summed E-state index contributed by atoms with van der Waals surface area (Å²) in [5, 5.41) is 16.8. The van der Waals surface area contributed by atoms with Gasteiger partial charge in [-0.2, -0.15) is 4.31 Å². The molecular formula is C33H45N3O12S. The number of aliphatic hydroxyl groups excluding tert-OH is 1. The lowest BCUT2D eigenvalue weighted by Crippen LogP contribution is -2.51. The van der Waals surface area contributed by atoms with Crippen LogP contribution in [0, 0.1) is 11.8 Å². The standard InChI is InChI=1S/C33H45N3O12S/c1-21(2)17-36(49(40,41)24-9-10-28-29(16-24)47-20-46-28)18-27(37)26(35-33(39)48-30-19-45-31-25(30)11-14-43-31)15-22-5-7-23(8-6-22)42-12-4-13-44-32(38)34-3/h5-10,16,21,25-27,30-31,37H,4,11-15,17-20H2,1-3H3,(H,34,38)(H,35,39)/t25?,26-,27+,30?,31?/m0/s1. The van der Waals surface area contributed by atoms with Crippen LogP contribution >= 0.6 is 0 Å². The highest BCUT2D eigenvalue weighted by Gasteiger charge is 2.44. The molecule has 3 aliphatic rings. The first-order valence-electron chi connectivity index (χ1n) is 16.4. The van der Waals surface area contributed by atoms with Gasteiger partial charge in [-0.1, -0.05) is 26.0 Å². The summed E-state index contributed by atoms with van der Waals surface area (Å²) in [6.07, 6.45) is -2.14. The average Bonchev–Trinajstić information content (AvgIpc) is 3.83. The van der Waals surface area contributed by atoms with E-state index >= 15 is 0 Å². The first-order valence-corrected chi connectivity index (χ1v) is 17.8. The van der Waals surface area contributed by atoms with Crippen molar-refractivity contribution in [1.29, 1.82) is 0 Å². The molecule has 3 N–H and O–H groups in total. The quantitative estimate of drug-likeness (QED) is 0.218. The summed E-state index contributed by atoms with van der Waals surface area (Å²) in [5.41, 5.74) is 0.752. The Balaban J connectivity index is 1.28. The molecule has 5 atom stereocenters. The predicted octanol–water partition coefficient (Wildman–Crippen LogP) is 2.65. The van der Waals surface area contributed by atoms with E-state index in [1.165, 1.54) is 29.6 Å². The molecule has 0 aromatic heterocycles. The van der Waals surface area contributed by atoms with Crippen LogP contribution in [-0.2, 0) is 35.4 Å². The minimum absolute atomic E-state index is 0.000686. The molecule has 0 radical (unpaired) electrons. The van der Waals surface area contributed by atoms with E-state index in [-0.39, 0.29) is 56.2 Å². The maximum absolute atomic E-state index is 13.9. The van der Waals surface area contributed by atoms with Gasteiger partial charge in [-0.15, -0.1) is 0 Å². The van der Waals surface area contributed by atoms with Crippen molar-refractivity contribution >= 4 is 22.2 Å². The summed E-state index contributed by atoms with van der Waals surface area (Å²) < 4.78 is 67.3. The number of rotatable bonds is 16. The normalized spacial score (nSPS) is 20.9. The molecule has 2 fully saturated rings. The second-order valence-electron chi connectivity index (χ2n) is 12.5. The first-order chi connectivity index (χ1) is 23.5. The fraction of sp³-hybridized carbons (Fsp3) is 0.576. The van der Waals surface area contributed by atoms with Gasteiger partial charge in [-0.05, 0) is 48.6 Å². The minimum Gasteiger partial charge on any atom is -0.493 e. The molecule has 2 amide bonds. The number of aliphatic hydroxyl groups is 1. The topological polar surface area (TPSA) is 180 Å². The fourth-order valence-corrected chi connectivity index (χ4v) is 7.45. The van der Waals surface area contributed by atoms with E-state index in [4.69, 9.17) is 33.2 Å². The summed E-state index contributed by atoms with van der Waals surface area (Å²) in [4.78, 5) is 24.4. The van der Waals surface area contributed by atoms with Gasteiger partial charge < -0.3 is 48.9 Å². The predicted molar refractivity (Wildman–Crippen MR) is 174 cm³/mol. The fourth-order valence-electron chi connectivity index (χ4n) is 5.82. The third-order valence-corrected chi connectivity index (χ3v) is 10.2. The lowest BCUT2D eigenvalue weighted by atomic mass is 10.0. The van der Waals surface area contributed by atoms with Gasteiger partial charge in [-0.3, -0.25) is 0 Å². The third-order valence-electron chi connectivity index (χ3n) is 8.33. The highest BCUT2D eigenvalue weighted by molar-refractivity contribution is 7.89. The Hall–Kier alpha value is -3.83. The number of carbonyl (C=O) groups excluding carboxylic acids is 2. The lowest BCUT2D eigenvalue weighted by Gasteiger charge is -2.31. The number of sulfonamides is 1. The molecule has 3 heterocycles. The molecule has 3 unspecified atom stereocenters. The minimum atomic E-state index is -4.09. The molecule has 3 aliphatic heterocycles. The van der Waals surface area contributed by atoms with Gasteiger partial charge in [0.1, 0.15) is 11.9 Å². The van der Waals surface area contributed by atoms with E-state index in [1.807, 2.05) is 13.8 Å². The second kappa shape index (κ2) is 16.7. The van der Waals surface area contributed by atoms with Crippen molar-refractivity contribution < 1.29 is 56.3 Å². The molecule has 15 nitrogen and oxygen atoms in total. The molecule has 0 bridgehead atoms. The van der Waals surface area contributed by atoms with E-state index in [1.54, 1.807) is 24.3 Å². The van der Waals surface area contributed by atoms with Crippen LogP contribution in [-0.4, -0.2) is 108 Å². The highest BCUT2D eigenvalue weighted by atomic mass is 32.2. The van der Waals surface area contributed by atoms with Crippen LogP contribution in [0.1, 0.15) is 32.3 Å². The zero-order chi connectivity index (χ0) is 35.0. The second-order valence-corrected chi connectivity index (χ2v) is 14.4. The summed E-state index contributed by atoms with van der Waals surface area (Å²) in [5.74, 6) is 1.21. The van der Waals surface area contributed by atoms with Crippen LogP contribution in [0.4, 0.5) is 9.59 Å². The van der Waals surface area contributed by atoms with Gasteiger partial charge in [0.25, 0.3) is 0 Å². The largest absolute Gasteiger partial charge is 0.493 e. The molecule has 270 valence electrons. The van der Waals surface area contributed by atoms with Crippen LogP contribution in [0.3, 0.4) is 0 Å². The molecular weight excluding hydrogens is 662 g/mol. The molecule has 0 spiro atoms. The maximum atomic E-state index is 13.9. The van der Waals surface area contributed by atoms with Crippen molar-refractivity contribution in [3.8, 4) is 17.2 Å². The Morgan fingerprint density at radius 3 is 2.55 bits per heavy atom. The van der Waals surface area contributed by atoms with Gasteiger partial charge >= 0.3 is 12.2 Å². The molecule has 2 aromatic carbocycles. The number of fused-ring (bicyclic) bond motifs is 2. The Kier molecular flexibility index (Phi) is 12.4. The van der Waals surface area contributed by atoms with Crippen molar-refractivity contribution in [2.24, 2.45) is 11.8 Å². The maximum Gasteiger partial charge on any atom is 0.407 e. The average molecular weight is 708 g/mol. The molecule has 5 rings (SSSR count). The Bertz CT molecular complexity index is 1520. The molecule has 0 aliphatic carbocycles. The number of nitrogens with zero attached hydrogens (tertiary/aromatic N) is 1. The number of hydrogen-bond donors (Lipinski definition) is 3. The lowest BCUT2D eigenvalue weighted by molar-refractivity contribution is -0.0907. The van der Waals surface area contributed by atoms with Gasteiger partial charge in [0, 0.05) is 32.6 Å². The monoisotopic (exact) mass is 707 g/mol. The summed E-state index contributed by atoms with van der Waals surface area (Å²) in [6, 6.07) is 10.6. The third kappa shape index (κ3) is 9.66. The van der Waals surface area contributed by atoms with Crippen molar-refractivity contribution in [2.45, 2.75) is 62.5 Å². The molecule has 0 saturated carbocycles. The number of nitrogens with one attached hydrogen (secondary N) is 2. The zero-order valence-corrected chi connectivity index (χ0v) is 28.7. The molecule has 2 saturated heterocycles. The van der Waals surface area contributed by atoms with E-state index in [9.17, 15) is 23.1 Å². The summed E-state index contributed by atoms with van der Waals surface area (Å²) in [6.45, 7) is 4.83. The Morgan fingerprint density at radius 1 is 1.02 bits per heavy atom. The van der Waals surface area contributed by atoms with Crippen molar-refractivity contribution in [2.75, 3.05) is 53.4 Å². The van der Waals surface area contributed by atoms with E-state index in [2.05, 4.69) is 10.6 Å². The SMILES string of the molecule is CNC(=O)OCCCOc1ccc(C[C@H](NC(=O)OC2COC3OCCC23)[C@H](O)CN(CC(C)C)S(=O)(=O)c2ccc3c(c2)OCO3)cc1. The number of hydrogen-bond acceptors (Lipinski definition) is 12. The summed E-state index contributed by atoms with van der Waals surface area (Å²) in [7, 11) is -2.60. The van der Waals surface area contributed by atoms with Crippen LogP contribution in [0.2, 0.25) is 0 Å². The van der Waals surface area contributed by atoms with Gasteiger partial charge in [0.2, 0.25) is 16.8 Å². The van der Waals surface area contributed by atoms with Crippen LogP contribution < -0.4 is 24.8 Å². The zero-order valence-electron chi connectivity index (χ0n) is 27.9. The van der Waals surface area contributed by atoms with E-state index < -0.39 is 46.7 Å². The van der Waals surface area contributed by atoms with E-state index in [0.717, 1.165) is 5.56 Å². The molecule has 49 heavy (non-hydrogen) atoms. The number of amides is 2. The van der Waals surface area contributed by atoms with Gasteiger partial charge in [0.05, 0.1) is 49.4 Å². The number of benzene rings is 2. The number of alkyl carbamates (subject to hydrolysis) is 2. The van der Waals surface area contributed by atoms with Crippen molar-refractivity contribution in [1.82, 2.24) is 14.9 Å². The van der Waals surface area contributed by atoms with E-state index in [0.29, 0.717) is 43.3 Å².